The molecule has 7 nitrogen and oxygen atoms in total. The van der Waals surface area contributed by atoms with Crippen LogP contribution in [0.15, 0.2) is 6.07 Å². The number of alkyl halides is 3. The number of rotatable bonds is 3. The molecule has 0 atom stereocenters. The van der Waals surface area contributed by atoms with E-state index in [-0.39, 0.29) is 6.29 Å². The molecular weight excluding hydrogens is 333 g/mol. The Hall–Kier alpha value is -2.65. The number of amides is 1. The SMILES string of the molecule is COC(=O)c1c(C=O)cc(C(F)(F)F)nc1NC(=O)OC(C)(C)C. The van der Waals surface area contributed by atoms with E-state index in [0.717, 1.165) is 7.11 Å². The number of carbonyl (C=O) groups is 3. The van der Waals surface area contributed by atoms with E-state index in [0.29, 0.717) is 6.07 Å². The van der Waals surface area contributed by atoms with Crippen molar-refractivity contribution in [3.63, 3.8) is 0 Å². The van der Waals surface area contributed by atoms with Crippen LogP contribution in [0.3, 0.4) is 0 Å². The van der Waals surface area contributed by atoms with Crippen LogP contribution < -0.4 is 5.32 Å². The Balaban J connectivity index is 3.44. The summed E-state index contributed by atoms with van der Waals surface area (Å²) in [6, 6.07) is 0.388. The van der Waals surface area contributed by atoms with Gasteiger partial charge in [0.2, 0.25) is 0 Å². The van der Waals surface area contributed by atoms with E-state index in [2.05, 4.69) is 9.72 Å². The van der Waals surface area contributed by atoms with Crippen molar-refractivity contribution in [2.75, 3.05) is 12.4 Å². The van der Waals surface area contributed by atoms with Crippen LogP contribution in [0.4, 0.5) is 23.8 Å². The summed E-state index contributed by atoms with van der Waals surface area (Å²) in [6.45, 7) is 4.60. The molecule has 1 aromatic heterocycles. The lowest BCUT2D eigenvalue weighted by molar-refractivity contribution is -0.141. The number of aldehydes is 1. The molecule has 10 heteroatoms. The second kappa shape index (κ2) is 6.85. The molecule has 0 unspecified atom stereocenters. The van der Waals surface area contributed by atoms with Crippen molar-refractivity contribution in [1.82, 2.24) is 4.98 Å². The number of halogens is 3. The maximum absolute atomic E-state index is 12.9. The summed E-state index contributed by atoms with van der Waals surface area (Å²) < 4.78 is 47.9. The van der Waals surface area contributed by atoms with Crippen LogP contribution in [0.25, 0.3) is 0 Å². The highest BCUT2D eigenvalue weighted by Gasteiger charge is 2.36. The number of carbonyl (C=O) groups excluding carboxylic acids is 3. The highest BCUT2D eigenvalue weighted by Crippen LogP contribution is 2.31. The average Bonchev–Trinajstić information content (AvgIpc) is 2.42. The summed E-state index contributed by atoms with van der Waals surface area (Å²) in [4.78, 5) is 37.7. The Morgan fingerprint density at radius 3 is 2.25 bits per heavy atom. The van der Waals surface area contributed by atoms with Crippen LogP contribution in [0.2, 0.25) is 0 Å². The van der Waals surface area contributed by atoms with Gasteiger partial charge in [0.25, 0.3) is 0 Å². The predicted molar refractivity (Wildman–Crippen MR) is 75.8 cm³/mol. The van der Waals surface area contributed by atoms with E-state index in [4.69, 9.17) is 4.74 Å². The van der Waals surface area contributed by atoms with Crippen molar-refractivity contribution >= 4 is 24.2 Å². The summed E-state index contributed by atoms with van der Waals surface area (Å²) in [5.41, 5.74) is -3.63. The quantitative estimate of drug-likeness (QED) is 0.666. The summed E-state index contributed by atoms with van der Waals surface area (Å²) in [7, 11) is 0.964. The van der Waals surface area contributed by atoms with Gasteiger partial charge in [0, 0.05) is 5.56 Å². The fourth-order valence-electron chi connectivity index (χ4n) is 1.61. The minimum Gasteiger partial charge on any atom is -0.465 e. The minimum absolute atomic E-state index is 0.0312. The normalized spacial score (nSPS) is 11.6. The van der Waals surface area contributed by atoms with Gasteiger partial charge >= 0.3 is 18.2 Å². The van der Waals surface area contributed by atoms with Crippen molar-refractivity contribution in [3.8, 4) is 0 Å². The zero-order chi connectivity index (χ0) is 18.7. The fraction of sp³-hybridized carbons (Fsp3) is 0.429. The van der Waals surface area contributed by atoms with Crippen molar-refractivity contribution < 1.29 is 37.0 Å². The third-order valence-electron chi connectivity index (χ3n) is 2.48. The average molecular weight is 348 g/mol. The number of nitrogens with one attached hydrogen (secondary N) is 1. The second-order valence-electron chi connectivity index (χ2n) is 5.55. The van der Waals surface area contributed by atoms with Gasteiger partial charge in [-0.1, -0.05) is 0 Å². The molecule has 1 rings (SSSR count). The summed E-state index contributed by atoms with van der Waals surface area (Å²) >= 11 is 0. The number of methoxy groups -OCH3 is 1. The fourth-order valence-corrected chi connectivity index (χ4v) is 1.61. The van der Waals surface area contributed by atoms with Gasteiger partial charge in [0.05, 0.1) is 7.11 Å². The number of esters is 1. The maximum Gasteiger partial charge on any atom is 0.433 e. The van der Waals surface area contributed by atoms with Crippen LogP contribution in [0.5, 0.6) is 0 Å². The monoisotopic (exact) mass is 348 g/mol. The van der Waals surface area contributed by atoms with Gasteiger partial charge < -0.3 is 9.47 Å². The third kappa shape index (κ3) is 4.93. The Bertz CT molecular complexity index is 666. The van der Waals surface area contributed by atoms with E-state index in [9.17, 15) is 27.6 Å². The Kier molecular flexibility index (Phi) is 5.54. The molecule has 1 aromatic rings. The first-order valence-electron chi connectivity index (χ1n) is 6.54. The zero-order valence-corrected chi connectivity index (χ0v) is 13.3. The molecule has 1 amide bonds. The molecule has 0 aliphatic rings. The number of nitrogens with zero attached hydrogens (tertiary/aromatic N) is 1. The van der Waals surface area contributed by atoms with E-state index >= 15 is 0 Å². The lowest BCUT2D eigenvalue weighted by Crippen LogP contribution is -2.29. The van der Waals surface area contributed by atoms with E-state index in [1.165, 1.54) is 20.8 Å². The summed E-state index contributed by atoms with van der Waals surface area (Å²) in [5.74, 6) is -1.92. The van der Waals surface area contributed by atoms with Crippen LogP contribution in [0.1, 0.15) is 47.2 Å². The largest absolute Gasteiger partial charge is 0.465 e. The molecule has 0 fully saturated rings. The molecule has 24 heavy (non-hydrogen) atoms. The molecule has 1 heterocycles. The van der Waals surface area contributed by atoms with Crippen molar-refractivity contribution in [2.24, 2.45) is 0 Å². The van der Waals surface area contributed by atoms with Crippen LogP contribution in [-0.4, -0.2) is 36.0 Å². The van der Waals surface area contributed by atoms with Crippen LogP contribution in [0, 0.1) is 0 Å². The van der Waals surface area contributed by atoms with Gasteiger partial charge in [-0.3, -0.25) is 10.1 Å². The summed E-state index contributed by atoms with van der Waals surface area (Å²) in [5, 5.41) is 1.94. The molecule has 0 saturated heterocycles. The lowest BCUT2D eigenvalue weighted by Gasteiger charge is -2.20. The van der Waals surface area contributed by atoms with Gasteiger partial charge in [-0.25, -0.2) is 14.6 Å². The number of hydrogen-bond acceptors (Lipinski definition) is 6. The van der Waals surface area contributed by atoms with Gasteiger partial charge in [-0.15, -0.1) is 0 Å². The van der Waals surface area contributed by atoms with E-state index < -0.39 is 46.5 Å². The molecule has 132 valence electrons. The highest BCUT2D eigenvalue weighted by atomic mass is 19.4. The molecule has 0 aliphatic carbocycles. The van der Waals surface area contributed by atoms with Gasteiger partial charge in [0.1, 0.15) is 16.9 Å². The Labute approximate surface area is 135 Å². The van der Waals surface area contributed by atoms with E-state index in [1.807, 2.05) is 5.32 Å². The second-order valence-corrected chi connectivity index (χ2v) is 5.55. The van der Waals surface area contributed by atoms with Crippen LogP contribution in [-0.2, 0) is 15.7 Å². The first-order valence-corrected chi connectivity index (χ1v) is 6.54. The van der Waals surface area contributed by atoms with E-state index in [1.54, 1.807) is 0 Å². The number of pyridine rings is 1. The van der Waals surface area contributed by atoms with Crippen molar-refractivity contribution in [2.45, 2.75) is 32.5 Å². The molecule has 0 spiro atoms. The molecule has 0 aromatic carbocycles. The standard InChI is InChI=1S/C14H15F3N2O5/c1-13(2,3)24-12(22)19-10-9(11(21)23-4)7(6-20)5-8(18-10)14(15,16)17/h5-6H,1-4H3,(H,18,19,22). The Morgan fingerprint density at radius 1 is 1.25 bits per heavy atom. The number of anilines is 1. The third-order valence-corrected chi connectivity index (χ3v) is 2.48. The number of ether oxygens (including phenoxy) is 2. The van der Waals surface area contributed by atoms with Crippen molar-refractivity contribution in [3.05, 3.63) is 22.9 Å². The predicted octanol–water partition coefficient (Wildman–Crippen LogP) is 3.05. The zero-order valence-electron chi connectivity index (χ0n) is 13.3. The first kappa shape index (κ1) is 19.4. The minimum atomic E-state index is -4.89. The molecule has 0 bridgehead atoms. The van der Waals surface area contributed by atoms with Gasteiger partial charge in [0.15, 0.2) is 12.1 Å². The number of aromatic nitrogens is 1. The van der Waals surface area contributed by atoms with Crippen LogP contribution >= 0.6 is 0 Å². The highest BCUT2D eigenvalue weighted by molar-refractivity contribution is 6.04. The first-order chi connectivity index (χ1) is 10.9. The van der Waals surface area contributed by atoms with Gasteiger partial charge in [-0.2, -0.15) is 13.2 Å². The molecule has 1 N–H and O–H groups in total. The smallest absolute Gasteiger partial charge is 0.433 e. The molecule has 0 saturated carbocycles. The summed E-state index contributed by atoms with van der Waals surface area (Å²) in [6.07, 6.45) is -6.00. The topological polar surface area (TPSA) is 94.6 Å². The van der Waals surface area contributed by atoms with Crippen molar-refractivity contribution in [1.29, 1.82) is 0 Å². The Morgan fingerprint density at radius 2 is 1.83 bits per heavy atom. The lowest BCUT2D eigenvalue weighted by atomic mass is 10.1. The molecule has 0 radical (unpaired) electrons. The maximum atomic E-state index is 12.9. The molecule has 0 aliphatic heterocycles. The molecular formula is C14H15F3N2O5. The van der Waals surface area contributed by atoms with Gasteiger partial charge in [-0.05, 0) is 26.8 Å². The number of hydrogen-bond donors (Lipinski definition) is 1.